The molecule has 1 aliphatic heterocycles. The summed E-state index contributed by atoms with van der Waals surface area (Å²) in [6.45, 7) is 4.29. The molecular weight excluding hydrogens is 216 g/mol. The van der Waals surface area contributed by atoms with E-state index >= 15 is 0 Å². The van der Waals surface area contributed by atoms with E-state index in [2.05, 4.69) is 27.4 Å². The predicted molar refractivity (Wildman–Crippen MR) is 64.1 cm³/mol. The molecule has 0 spiro atoms. The van der Waals surface area contributed by atoms with Crippen molar-refractivity contribution < 1.29 is 4.79 Å². The maximum atomic E-state index is 11.9. The molecule has 1 aromatic carbocycles. The highest BCUT2D eigenvalue weighted by atomic mass is 16.2. The number of aromatic amines is 1. The molecule has 0 aliphatic carbocycles. The maximum Gasteiger partial charge on any atom is 0.247 e. The Bertz CT molecular complexity index is 601. The minimum Gasteiger partial charge on any atom is -0.327 e. The first-order valence-corrected chi connectivity index (χ1v) is 5.41. The van der Waals surface area contributed by atoms with Crippen LogP contribution in [-0.2, 0) is 4.79 Å². The Morgan fingerprint density at radius 2 is 2.18 bits per heavy atom. The summed E-state index contributed by atoms with van der Waals surface area (Å²) in [5, 5.41) is 14.0. The number of hydrogen-bond donors (Lipinski definition) is 3. The van der Waals surface area contributed by atoms with Crippen LogP contribution in [0.2, 0.25) is 0 Å². The molecule has 2 heterocycles. The molecule has 3 N–H and O–H groups in total. The first kappa shape index (κ1) is 10.0. The Morgan fingerprint density at radius 3 is 3.00 bits per heavy atom. The molecule has 1 aromatic heterocycles. The van der Waals surface area contributed by atoms with E-state index < -0.39 is 6.04 Å². The van der Waals surface area contributed by atoms with Crippen LogP contribution in [0.3, 0.4) is 0 Å². The number of fused-ring (bicyclic) bond motifs is 1. The van der Waals surface area contributed by atoms with E-state index in [1.54, 1.807) is 0 Å². The Hall–Kier alpha value is -2.14. The van der Waals surface area contributed by atoms with Crippen LogP contribution in [0.1, 0.15) is 11.7 Å². The molecule has 1 atom stereocenters. The van der Waals surface area contributed by atoms with Gasteiger partial charge in [-0.05, 0) is 6.07 Å². The lowest BCUT2D eigenvalue weighted by atomic mass is 10.1. The molecule has 86 valence electrons. The van der Waals surface area contributed by atoms with Crippen LogP contribution in [0.4, 0.5) is 0 Å². The van der Waals surface area contributed by atoms with Crippen molar-refractivity contribution in [2.24, 2.45) is 0 Å². The van der Waals surface area contributed by atoms with Crippen molar-refractivity contribution in [3.8, 4) is 0 Å². The van der Waals surface area contributed by atoms with E-state index in [0.717, 1.165) is 16.6 Å². The standard InChI is InChI=1S/C12H12N4O/c1-7-6-13-11(12(17)14-7)10-8-4-2-3-5-9(8)15-16-10/h2-5,11,13H,1,6H2,(H,14,17)(H,15,16). The summed E-state index contributed by atoms with van der Waals surface area (Å²) >= 11 is 0. The fourth-order valence-electron chi connectivity index (χ4n) is 2.03. The van der Waals surface area contributed by atoms with Gasteiger partial charge in [0.1, 0.15) is 6.04 Å². The van der Waals surface area contributed by atoms with Gasteiger partial charge in [-0.25, -0.2) is 0 Å². The van der Waals surface area contributed by atoms with Gasteiger partial charge < -0.3 is 5.32 Å². The Morgan fingerprint density at radius 1 is 1.35 bits per heavy atom. The smallest absolute Gasteiger partial charge is 0.247 e. The monoisotopic (exact) mass is 228 g/mol. The zero-order valence-corrected chi connectivity index (χ0v) is 9.16. The first-order chi connectivity index (χ1) is 8.25. The number of benzene rings is 1. The molecule has 0 bridgehead atoms. The molecule has 17 heavy (non-hydrogen) atoms. The molecule has 1 unspecified atom stereocenters. The molecule has 2 aromatic rings. The number of nitrogens with zero attached hydrogens (tertiary/aromatic N) is 1. The number of H-pyrrole nitrogens is 1. The summed E-state index contributed by atoms with van der Waals surface area (Å²) in [4.78, 5) is 11.9. The number of carbonyl (C=O) groups is 1. The number of piperazine rings is 1. The molecule has 1 saturated heterocycles. The van der Waals surface area contributed by atoms with Gasteiger partial charge in [0.2, 0.25) is 5.91 Å². The molecule has 0 radical (unpaired) electrons. The second-order valence-electron chi connectivity index (χ2n) is 4.06. The summed E-state index contributed by atoms with van der Waals surface area (Å²) in [6, 6.07) is 7.33. The van der Waals surface area contributed by atoms with Gasteiger partial charge in [-0.3, -0.25) is 15.2 Å². The number of aromatic nitrogens is 2. The van der Waals surface area contributed by atoms with Crippen molar-refractivity contribution in [1.29, 1.82) is 0 Å². The van der Waals surface area contributed by atoms with Gasteiger partial charge in [0.25, 0.3) is 0 Å². The van der Waals surface area contributed by atoms with Gasteiger partial charge in [0, 0.05) is 17.6 Å². The molecule has 1 aliphatic rings. The van der Waals surface area contributed by atoms with Gasteiger partial charge in [0.05, 0.1) is 11.2 Å². The summed E-state index contributed by atoms with van der Waals surface area (Å²) in [5.41, 5.74) is 2.35. The van der Waals surface area contributed by atoms with Crippen LogP contribution in [0, 0.1) is 0 Å². The average Bonchev–Trinajstić information content (AvgIpc) is 2.73. The quantitative estimate of drug-likeness (QED) is 0.677. The highest BCUT2D eigenvalue weighted by molar-refractivity contribution is 5.91. The number of rotatable bonds is 1. The summed E-state index contributed by atoms with van der Waals surface area (Å²) in [6.07, 6.45) is 0. The van der Waals surface area contributed by atoms with Gasteiger partial charge in [-0.15, -0.1) is 0 Å². The number of amides is 1. The van der Waals surface area contributed by atoms with Crippen molar-refractivity contribution in [3.05, 3.63) is 42.2 Å². The maximum absolute atomic E-state index is 11.9. The van der Waals surface area contributed by atoms with Crippen molar-refractivity contribution in [3.63, 3.8) is 0 Å². The minimum absolute atomic E-state index is 0.112. The van der Waals surface area contributed by atoms with Crippen LogP contribution in [0.15, 0.2) is 36.5 Å². The van der Waals surface area contributed by atoms with Crippen LogP contribution in [0.25, 0.3) is 10.9 Å². The molecule has 1 fully saturated rings. The Labute approximate surface area is 97.9 Å². The van der Waals surface area contributed by atoms with E-state index in [-0.39, 0.29) is 5.91 Å². The van der Waals surface area contributed by atoms with Gasteiger partial charge >= 0.3 is 0 Å². The van der Waals surface area contributed by atoms with Crippen molar-refractivity contribution in [2.45, 2.75) is 6.04 Å². The van der Waals surface area contributed by atoms with E-state index in [0.29, 0.717) is 12.2 Å². The Kier molecular flexibility index (Phi) is 2.19. The third kappa shape index (κ3) is 1.60. The van der Waals surface area contributed by atoms with Crippen molar-refractivity contribution in [2.75, 3.05) is 6.54 Å². The fraction of sp³-hybridized carbons (Fsp3) is 0.167. The van der Waals surface area contributed by atoms with E-state index in [1.807, 2.05) is 24.3 Å². The number of carbonyl (C=O) groups excluding carboxylic acids is 1. The third-order valence-electron chi connectivity index (χ3n) is 2.86. The largest absolute Gasteiger partial charge is 0.327 e. The highest BCUT2D eigenvalue weighted by Gasteiger charge is 2.28. The van der Waals surface area contributed by atoms with E-state index in [4.69, 9.17) is 0 Å². The van der Waals surface area contributed by atoms with E-state index in [9.17, 15) is 4.79 Å². The molecule has 0 saturated carbocycles. The molecule has 3 rings (SSSR count). The van der Waals surface area contributed by atoms with Gasteiger partial charge in [-0.1, -0.05) is 24.8 Å². The molecule has 5 nitrogen and oxygen atoms in total. The van der Waals surface area contributed by atoms with Gasteiger partial charge in [0.15, 0.2) is 0 Å². The van der Waals surface area contributed by atoms with E-state index in [1.165, 1.54) is 0 Å². The van der Waals surface area contributed by atoms with Crippen LogP contribution in [0.5, 0.6) is 0 Å². The summed E-state index contributed by atoms with van der Waals surface area (Å²) in [7, 11) is 0. The lowest BCUT2D eigenvalue weighted by Gasteiger charge is -2.23. The van der Waals surface area contributed by atoms with Crippen LogP contribution >= 0.6 is 0 Å². The highest BCUT2D eigenvalue weighted by Crippen LogP contribution is 2.23. The fourth-order valence-corrected chi connectivity index (χ4v) is 2.03. The lowest BCUT2D eigenvalue weighted by molar-refractivity contribution is -0.123. The summed E-state index contributed by atoms with van der Waals surface area (Å²) < 4.78 is 0. The summed E-state index contributed by atoms with van der Waals surface area (Å²) in [5.74, 6) is -0.112. The zero-order valence-electron chi connectivity index (χ0n) is 9.16. The molecule has 5 heteroatoms. The first-order valence-electron chi connectivity index (χ1n) is 5.41. The second-order valence-corrected chi connectivity index (χ2v) is 4.06. The normalized spacial score (nSPS) is 20.6. The number of para-hydroxylation sites is 1. The SMILES string of the molecule is C=C1CNC(c2n[nH]c3ccccc23)C(=O)N1. The number of nitrogens with one attached hydrogen (secondary N) is 3. The Balaban J connectivity index is 2.04. The zero-order chi connectivity index (χ0) is 11.8. The van der Waals surface area contributed by atoms with Crippen molar-refractivity contribution in [1.82, 2.24) is 20.8 Å². The molecule has 1 amide bonds. The molecular formula is C12H12N4O. The third-order valence-corrected chi connectivity index (χ3v) is 2.86. The lowest BCUT2D eigenvalue weighted by Crippen LogP contribution is -2.45. The van der Waals surface area contributed by atoms with Crippen LogP contribution in [-0.4, -0.2) is 22.6 Å². The topological polar surface area (TPSA) is 69.8 Å². The average molecular weight is 228 g/mol. The van der Waals surface area contributed by atoms with Gasteiger partial charge in [-0.2, -0.15) is 5.10 Å². The number of hydrogen-bond acceptors (Lipinski definition) is 3. The predicted octanol–water partition coefficient (Wildman–Crippen LogP) is 0.837. The van der Waals surface area contributed by atoms with Crippen molar-refractivity contribution >= 4 is 16.8 Å². The minimum atomic E-state index is -0.420. The second kappa shape index (κ2) is 3.71. The van der Waals surface area contributed by atoms with Crippen LogP contribution < -0.4 is 10.6 Å².